The normalized spacial score (nSPS) is 12.6. The second-order valence-electron chi connectivity index (χ2n) is 6.33. The summed E-state index contributed by atoms with van der Waals surface area (Å²) < 4.78 is 0. The van der Waals surface area contributed by atoms with E-state index in [1.807, 2.05) is 52.0 Å². The molecule has 1 aromatic rings. The molecular weight excluding hydrogens is 268 g/mol. The number of aliphatic carboxylic acids is 1. The summed E-state index contributed by atoms with van der Waals surface area (Å²) in [5, 5.41) is 14.4. The fraction of sp³-hybridized carbons (Fsp3) is 0.500. The van der Waals surface area contributed by atoms with Gasteiger partial charge >= 0.3 is 12.0 Å². The fourth-order valence-electron chi connectivity index (χ4n) is 1.96. The molecule has 0 bridgehead atoms. The maximum Gasteiger partial charge on any atom is 0.315 e. The van der Waals surface area contributed by atoms with Crippen LogP contribution in [0.5, 0.6) is 0 Å². The van der Waals surface area contributed by atoms with Gasteiger partial charge in [0.2, 0.25) is 0 Å². The molecule has 2 amide bonds. The number of nitrogens with one attached hydrogen (secondary N) is 2. The van der Waals surface area contributed by atoms with Crippen molar-refractivity contribution in [3.8, 4) is 0 Å². The predicted octanol–water partition coefficient (Wildman–Crippen LogP) is 2.68. The zero-order valence-electron chi connectivity index (χ0n) is 13.1. The third kappa shape index (κ3) is 6.29. The molecule has 3 N–H and O–H groups in total. The van der Waals surface area contributed by atoms with E-state index in [-0.39, 0.29) is 17.9 Å². The fourth-order valence-corrected chi connectivity index (χ4v) is 1.96. The molecule has 0 saturated carbocycles. The van der Waals surface area contributed by atoms with Gasteiger partial charge in [0.1, 0.15) is 0 Å². The van der Waals surface area contributed by atoms with Crippen LogP contribution in [0.1, 0.15) is 38.3 Å². The van der Waals surface area contributed by atoms with Crippen molar-refractivity contribution in [2.24, 2.45) is 5.41 Å². The van der Waals surface area contributed by atoms with Gasteiger partial charge in [-0.15, -0.1) is 0 Å². The molecular formula is C16H24N2O3. The van der Waals surface area contributed by atoms with E-state index in [0.29, 0.717) is 6.54 Å². The minimum atomic E-state index is -0.922. The van der Waals surface area contributed by atoms with Crippen LogP contribution in [-0.4, -0.2) is 23.1 Å². The molecule has 5 heteroatoms. The van der Waals surface area contributed by atoms with Gasteiger partial charge in [-0.2, -0.15) is 0 Å². The summed E-state index contributed by atoms with van der Waals surface area (Å²) in [4.78, 5) is 22.8. The van der Waals surface area contributed by atoms with Gasteiger partial charge in [0, 0.05) is 12.6 Å². The molecule has 0 fully saturated rings. The zero-order chi connectivity index (χ0) is 16.0. The Labute approximate surface area is 125 Å². The van der Waals surface area contributed by atoms with E-state index in [2.05, 4.69) is 10.6 Å². The van der Waals surface area contributed by atoms with Crippen LogP contribution < -0.4 is 10.6 Å². The number of carbonyl (C=O) groups is 2. The number of hydrogen-bond acceptors (Lipinski definition) is 2. The maximum absolute atomic E-state index is 11.9. The Balaban J connectivity index is 2.56. The molecule has 1 aromatic carbocycles. The second-order valence-corrected chi connectivity index (χ2v) is 6.33. The third-order valence-corrected chi connectivity index (χ3v) is 3.27. The Kier molecular flexibility index (Phi) is 5.76. The van der Waals surface area contributed by atoms with Crippen molar-refractivity contribution in [1.29, 1.82) is 0 Å². The second kappa shape index (κ2) is 7.11. The molecule has 0 spiro atoms. The number of amides is 2. The van der Waals surface area contributed by atoms with Gasteiger partial charge in [0.25, 0.3) is 0 Å². The predicted molar refractivity (Wildman–Crippen MR) is 82.0 cm³/mol. The highest BCUT2D eigenvalue weighted by Gasteiger charge is 2.28. The minimum absolute atomic E-state index is 0.0959. The topological polar surface area (TPSA) is 78.4 Å². The molecule has 1 unspecified atom stereocenters. The van der Waals surface area contributed by atoms with E-state index in [4.69, 9.17) is 5.11 Å². The van der Waals surface area contributed by atoms with Gasteiger partial charge in [-0.1, -0.05) is 50.6 Å². The van der Waals surface area contributed by atoms with Gasteiger partial charge in [0.15, 0.2) is 0 Å². The van der Waals surface area contributed by atoms with Gasteiger partial charge < -0.3 is 15.7 Å². The molecule has 0 aromatic heterocycles. The summed E-state index contributed by atoms with van der Waals surface area (Å²) in [5.41, 5.74) is 1.82. The SMILES string of the molecule is Cc1cccc(CNC(=O)NC(CC(=O)O)C(C)(C)C)c1. The highest BCUT2D eigenvalue weighted by molar-refractivity contribution is 5.75. The van der Waals surface area contributed by atoms with E-state index >= 15 is 0 Å². The lowest BCUT2D eigenvalue weighted by Crippen LogP contribution is -2.48. The first kappa shape index (κ1) is 17.0. The van der Waals surface area contributed by atoms with E-state index < -0.39 is 12.0 Å². The van der Waals surface area contributed by atoms with Gasteiger partial charge in [0.05, 0.1) is 6.42 Å². The number of aryl methyl sites for hydroxylation is 1. The van der Waals surface area contributed by atoms with Crippen LogP contribution in [0.25, 0.3) is 0 Å². The molecule has 0 aliphatic heterocycles. The smallest absolute Gasteiger partial charge is 0.315 e. The molecule has 0 radical (unpaired) electrons. The summed E-state index contributed by atoms with van der Waals surface area (Å²) in [7, 11) is 0. The highest BCUT2D eigenvalue weighted by Crippen LogP contribution is 2.21. The molecule has 1 atom stereocenters. The first-order valence-corrected chi connectivity index (χ1v) is 7.00. The third-order valence-electron chi connectivity index (χ3n) is 3.27. The van der Waals surface area contributed by atoms with E-state index in [0.717, 1.165) is 11.1 Å². The number of rotatable bonds is 5. The van der Waals surface area contributed by atoms with E-state index in [9.17, 15) is 9.59 Å². The Morgan fingerprint density at radius 3 is 2.48 bits per heavy atom. The van der Waals surface area contributed by atoms with Crippen molar-refractivity contribution in [2.45, 2.75) is 46.7 Å². The highest BCUT2D eigenvalue weighted by atomic mass is 16.4. The summed E-state index contributed by atoms with van der Waals surface area (Å²) in [5.74, 6) is -0.922. The number of carboxylic acid groups (broad SMARTS) is 1. The lowest BCUT2D eigenvalue weighted by Gasteiger charge is -2.30. The van der Waals surface area contributed by atoms with Gasteiger partial charge in [-0.3, -0.25) is 4.79 Å². The van der Waals surface area contributed by atoms with Crippen LogP contribution in [0, 0.1) is 12.3 Å². The van der Waals surface area contributed by atoms with Gasteiger partial charge in [-0.25, -0.2) is 4.79 Å². The van der Waals surface area contributed by atoms with Crippen LogP contribution >= 0.6 is 0 Å². The number of carbonyl (C=O) groups excluding carboxylic acids is 1. The van der Waals surface area contributed by atoms with Crippen molar-refractivity contribution in [3.05, 3.63) is 35.4 Å². The average molecular weight is 292 g/mol. The molecule has 0 saturated heterocycles. The van der Waals surface area contributed by atoms with Crippen LogP contribution in [0.2, 0.25) is 0 Å². The average Bonchev–Trinajstić information content (AvgIpc) is 2.34. The monoisotopic (exact) mass is 292 g/mol. The van der Waals surface area contributed by atoms with Crippen LogP contribution in [0.3, 0.4) is 0 Å². The Bertz CT molecular complexity index is 506. The van der Waals surface area contributed by atoms with Crippen molar-refractivity contribution in [3.63, 3.8) is 0 Å². The molecule has 1 rings (SSSR count). The summed E-state index contributed by atoms with van der Waals surface area (Å²) >= 11 is 0. The first-order valence-electron chi connectivity index (χ1n) is 7.00. The van der Waals surface area contributed by atoms with Gasteiger partial charge in [-0.05, 0) is 17.9 Å². The van der Waals surface area contributed by atoms with Crippen LogP contribution in [-0.2, 0) is 11.3 Å². The van der Waals surface area contributed by atoms with E-state index in [1.54, 1.807) is 0 Å². The molecule has 0 aliphatic carbocycles. The largest absolute Gasteiger partial charge is 0.481 e. The Morgan fingerprint density at radius 1 is 1.29 bits per heavy atom. The maximum atomic E-state index is 11.9. The number of carboxylic acids is 1. The standard InChI is InChI=1S/C16H24N2O3/c1-11-6-5-7-12(8-11)10-17-15(21)18-13(9-14(19)20)16(2,3)4/h5-8,13H,9-10H2,1-4H3,(H,19,20)(H2,17,18,21). The summed E-state index contributed by atoms with van der Waals surface area (Å²) in [6.07, 6.45) is -0.0959. The molecule has 116 valence electrons. The summed E-state index contributed by atoms with van der Waals surface area (Å²) in [6.45, 7) is 8.12. The van der Waals surface area contributed by atoms with Crippen molar-refractivity contribution in [1.82, 2.24) is 10.6 Å². The Morgan fingerprint density at radius 2 is 1.95 bits per heavy atom. The van der Waals surface area contributed by atoms with Crippen molar-refractivity contribution >= 4 is 12.0 Å². The first-order chi connectivity index (χ1) is 9.68. The van der Waals surface area contributed by atoms with Crippen LogP contribution in [0.15, 0.2) is 24.3 Å². The lowest BCUT2D eigenvalue weighted by atomic mass is 9.85. The lowest BCUT2D eigenvalue weighted by molar-refractivity contribution is -0.138. The summed E-state index contributed by atoms with van der Waals surface area (Å²) in [6, 6.07) is 7.09. The number of benzene rings is 1. The molecule has 21 heavy (non-hydrogen) atoms. The van der Waals surface area contributed by atoms with Crippen LogP contribution in [0.4, 0.5) is 4.79 Å². The Hall–Kier alpha value is -2.04. The van der Waals surface area contributed by atoms with Crippen molar-refractivity contribution in [2.75, 3.05) is 0 Å². The number of urea groups is 1. The number of hydrogen-bond donors (Lipinski definition) is 3. The zero-order valence-corrected chi connectivity index (χ0v) is 13.1. The molecule has 0 heterocycles. The van der Waals surface area contributed by atoms with Crippen molar-refractivity contribution < 1.29 is 14.7 Å². The molecule has 0 aliphatic rings. The minimum Gasteiger partial charge on any atom is -0.481 e. The molecule has 5 nitrogen and oxygen atoms in total. The quantitative estimate of drug-likeness (QED) is 0.780. The van der Waals surface area contributed by atoms with E-state index in [1.165, 1.54) is 0 Å².